The number of nitro groups is 1. The van der Waals surface area contributed by atoms with Gasteiger partial charge in [-0.3, -0.25) is 19.6 Å². The Labute approximate surface area is 181 Å². The molecule has 8 nitrogen and oxygen atoms in total. The van der Waals surface area contributed by atoms with Gasteiger partial charge in [0.05, 0.1) is 17.5 Å². The molecular formula is C23H27N5O3. The highest BCUT2D eigenvalue weighted by atomic mass is 16.6. The Hall–Kier alpha value is -3.52. The molecule has 1 atom stereocenters. The molecule has 1 aromatic heterocycles. The SMILES string of the molecule is Cc1nn(Cc2ccc(C(=O)N[C@@H](CN(C)C)c3ccccc3)cc2)c(C)c1[N+](=O)[O-]. The molecule has 1 amide bonds. The summed E-state index contributed by atoms with van der Waals surface area (Å²) in [5, 5.41) is 18.6. The van der Waals surface area contributed by atoms with Crippen molar-refractivity contribution in [3.05, 3.63) is 92.8 Å². The molecular weight excluding hydrogens is 394 g/mol. The summed E-state index contributed by atoms with van der Waals surface area (Å²) in [6, 6.07) is 17.0. The van der Waals surface area contributed by atoms with E-state index >= 15 is 0 Å². The topological polar surface area (TPSA) is 93.3 Å². The highest BCUT2D eigenvalue weighted by Crippen LogP contribution is 2.22. The maximum atomic E-state index is 12.8. The van der Waals surface area contributed by atoms with Crippen molar-refractivity contribution in [2.45, 2.75) is 26.4 Å². The van der Waals surface area contributed by atoms with E-state index in [0.717, 1.165) is 11.1 Å². The average Bonchev–Trinajstić information content (AvgIpc) is 3.01. The van der Waals surface area contributed by atoms with E-state index in [-0.39, 0.29) is 17.6 Å². The lowest BCUT2D eigenvalue weighted by atomic mass is 10.1. The summed E-state index contributed by atoms with van der Waals surface area (Å²) in [5.41, 5.74) is 3.47. The van der Waals surface area contributed by atoms with Crippen LogP contribution in [0.2, 0.25) is 0 Å². The van der Waals surface area contributed by atoms with Crippen LogP contribution in [-0.2, 0) is 6.54 Å². The first-order chi connectivity index (χ1) is 14.8. The minimum absolute atomic E-state index is 0.0452. The van der Waals surface area contributed by atoms with Gasteiger partial charge in [0.1, 0.15) is 11.4 Å². The number of nitrogens with zero attached hydrogens (tertiary/aromatic N) is 4. The molecule has 0 aliphatic rings. The van der Waals surface area contributed by atoms with Crippen LogP contribution in [0.4, 0.5) is 5.69 Å². The summed E-state index contributed by atoms with van der Waals surface area (Å²) in [6.07, 6.45) is 0. The maximum absolute atomic E-state index is 12.8. The third-order valence-corrected chi connectivity index (χ3v) is 5.13. The number of carbonyl (C=O) groups is 1. The first-order valence-corrected chi connectivity index (χ1v) is 10.0. The van der Waals surface area contributed by atoms with E-state index in [4.69, 9.17) is 0 Å². The van der Waals surface area contributed by atoms with Crippen molar-refractivity contribution in [2.24, 2.45) is 0 Å². The molecule has 0 radical (unpaired) electrons. The smallest absolute Gasteiger partial charge is 0.312 e. The van der Waals surface area contributed by atoms with Crippen LogP contribution >= 0.6 is 0 Å². The molecule has 0 aliphatic heterocycles. The quantitative estimate of drug-likeness (QED) is 0.444. The zero-order valence-electron chi connectivity index (χ0n) is 18.2. The van der Waals surface area contributed by atoms with Crippen LogP contribution in [0.1, 0.15) is 38.9 Å². The molecule has 3 aromatic rings. The molecule has 2 aromatic carbocycles. The van der Waals surface area contributed by atoms with Crippen molar-refractivity contribution in [1.82, 2.24) is 20.0 Å². The Bertz CT molecular complexity index is 1060. The summed E-state index contributed by atoms with van der Waals surface area (Å²) in [4.78, 5) is 25.7. The van der Waals surface area contributed by atoms with Gasteiger partial charge in [0, 0.05) is 12.1 Å². The number of hydrogen-bond donors (Lipinski definition) is 1. The lowest BCUT2D eigenvalue weighted by Crippen LogP contribution is -2.35. The van der Waals surface area contributed by atoms with Crippen LogP contribution in [0.15, 0.2) is 54.6 Å². The first-order valence-electron chi connectivity index (χ1n) is 10.0. The summed E-state index contributed by atoms with van der Waals surface area (Å²) in [5.74, 6) is -0.149. The van der Waals surface area contributed by atoms with Gasteiger partial charge in [-0.15, -0.1) is 0 Å². The molecule has 0 spiro atoms. The van der Waals surface area contributed by atoms with Gasteiger partial charge in [-0.25, -0.2) is 0 Å². The molecule has 0 aliphatic carbocycles. The standard InChI is InChI=1S/C23H27N5O3/c1-16-22(28(30)31)17(2)27(25-16)14-18-10-12-20(13-11-18)23(29)24-21(15-26(3)4)19-8-6-5-7-9-19/h5-13,21H,14-15H2,1-4H3,(H,24,29)/t21-/m0/s1. The van der Waals surface area contributed by atoms with Crippen molar-refractivity contribution in [2.75, 3.05) is 20.6 Å². The van der Waals surface area contributed by atoms with Gasteiger partial charge >= 0.3 is 5.69 Å². The molecule has 0 saturated heterocycles. The Balaban J connectivity index is 1.72. The van der Waals surface area contributed by atoms with Gasteiger partial charge in [0.15, 0.2) is 0 Å². The van der Waals surface area contributed by atoms with E-state index in [9.17, 15) is 14.9 Å². The zero-order valence-corrected chi connectivity index (χ0v) is 18.2. The molecule has 0 unspecified atom stereocenters. The number of aryl methyl sites for hydroxylation is 1. The van der Waals surface area contributed by atoms with Gasteiger partial charge < -0.3 is 10.2 Å². The van der Waals surface area contributed by atoms with E-state index in [0.29, 0.717) is 30.0 Å². The van der Waals surface area contributed by atoms with Crippen LogP contribution < -0.4 is 5.32 Å². The van der Waals surface area contributed by atoms with E-state index < -0.39 is 4.92 Å². The lowest BCUT2D eigenvalue weighted by molar-refractivity contribution is -0.386. The van der Waals surface area contributed by atoms with Crippen LogP contribution in [0.5, 0.6) is 0 Å². The number of aromatic nitrogens is 2. The number of rotatable bonds is 8. The van der Waals surface area contributed by atoms with E-state index in [1.54, 1.807) is 30.7 Å². The highest BCUT2D eigenvalue weighted by Gasteiger charge is 2.22. The minimum Gasteiger partial charge on any atom is -0.344 e. The number of hydrogen-bond acceptors (Lipinski definition) is 5. The summed E-state index contributed by atoms with van der Waals surface area (Å²) < 4.78 is 1.62. The Morgan fingerprint density at radius 1 is 1.13 bits per heavy atom. The largest absolute Gasteiger partial charge is 0.344 e. The molecule has 1 heterocycles. The van der Waals surface area contributed by atoms with Gasteiger partial charge in [0.25, 0.3) is 5.91 Å². The van der Waals surface area contributed by atoms with Gasteiger partial charge in [-0.05, 0) is 51.2 Å². The second-order valence-corrected chi connectivity index (χ2v) is 7.83. The summed E-state index contributed by atoms with van der Waals surface area (Å²) in [6.45, 7) is 4.40. The second-order valence-electron chi connectivity index (χ2n) is 7.83. The molecule has 0 saturated carbocycles. The summed E-state index contributed by atoms with van der Waals surface area (Å²) >= 11 is 0. The Morgan fingerprint density at radius 2 is 1.77 bits per heavy atom. The number of carbonyl (C=O) groups excluding carboxylic acids is 1. The van der Waals surface area contributed by atoms with E-state index in [2.05, 4.69) is 10.4 Å². The van der Waals surface area contributed by atoms with Crippen LogP contribution in [0.25, 0.3) is 0 Å². The van der Waals surface area contributed by atoms with Crippen molar-refractivity contribution >= 4 is 11.6 Å². The molecule has 8 heteroatoms. The predicted octanol–water partition coefficient (Wildman–Crippen LogP) is 3.49. The van der Waals surface area contributed by atoms with Crippen LogP contribution in [0, 0.1) is 24.0 Å². The Morgan fingerprint density at radius 3 is 2.32 bits per heavy atom. The van der Waals surface area contributed by atoms with Crippen molar-refractivity contribution in [1.29, 1.82) is 0 Å². The first kappa shape index (κ1) is 22.2. The minimum atomic E-state index is -0.404. The number of likely N-dealkylation sites (N-methyl/N-ethyl adjacent to an activating group) is 1. The molecule has 1 N–H and O–H groups in total. The van der Waals surface area contributed by atoms with Gasteiger partial charge in [-0.2, -0.15) is 5.10 Å². The lowest BCUT2D eigenvalue weighted by Gasteiger charge is -2.23. The highest BCUT2D eigenvalue weighted by molar-refractivity contribution is 5.94. The average molecular weight is 422 g/mol. The van der Waals surface area contributed by atoms with Gasteiger partial charge in [-0.1, -0.05) is 42.5 Å². The molecule has 162 valence electrons. The third kappa shape index (κ3) is 5.35. The van der Waals surface area contributed by atoms with Crippen molar-refractivity contribution in [3.8, 4) is 0 Å². The fourth-order valence-electron chi connectivity index (χ4n) is 3.57. The van der Waals surface area contributed by atoms with Crippen LogP contribution in [-0.4, -0.2) is 46.2 Å². The number of nitrogens with one attached hydrogen (secondary N) is 1. The fourth-order valence-corrected chi connectivity index (χ4v) is 3.57. The van der Waals surface area contributed by atoms with Crippen molar-refractivity contribution in [3.63, 3.8) is 0 Å². The van der Waals surface area contributed by atoms with E-state index in [1.807, 2.05) is 61.5 Å². The summed E-state index contributed by atoms with van der Waals surface area (Å²) in [7, 11) is 3.94. The van der Waals surface area contributed by atoms with Crippen molar-refractivity contribution < 1.29 is 9.72 Å². The van der Waals surface area contributed by atoms with Gasteiger partial charge in [0.2, 0.25) is 0 Å². The zero-order chi connectivity index (χ0) is 22.5. The molecule has 0 fully saturated rings. The molecule has 0 bridgehead atoms. The third-order valence-electron chi connectivity index (χ3n) is 5.13. The number of benzene rings is 2. The number of amides is 1. The molecule has 3 rings (SSSR count). The van der Waals surface area contributed by atoms with E-state index in [1.165, 1.54) is 0 Å². The second kappa shape index (κ2) is 9.53. The normalized spacial score (nSPS) is 12.0. The molecule has 31 heavy (non-hydrogen) atoms. The maximum Gasteiger partial charge on any atom is 0.312 e. The Kier molecular flexibility index (Phi) is 6.81. The van der Waals surface area contributed by atoms with Crippen LogP contribution in [0.3, 0.4) is 0 Å². The monoisotopic (exact) mass is 421 g/mol. The fraction of sp³-hybridized carbons (Fsp3) is 0.304. The predicted molar refractivity (Wildman–Crippen MR) is 119 cm³/mol.